The lowest BCUT2D eigenvalue weighted by atomic mass is 10.2. The van der Waals surface area contributed by atoms with E-state index in [2.05, 4.69) is 4.74 Å². The van der Waals surface area contributed by atoms with Crippen molar-refractivity contribution in [3.8, 4) is 5.75 Å². The molecule has 1 aromatic rings. The van der Waals surface area contributed by atoms with Crippen LogP contribution in [0.4, 0.5) is 22.0 Å². The number of halogens is 5. The molecule has 0 saturated heterocycles. The van der Waals surface area contributed by atoms with Gasteiger partial charge >= 0.3 is 0 Å². The summed E-state index contributed by atoms with van der Waals surface area (Å²) in [4.78, 5) is 0. The quantitative estimate of drug-likeness (QED) is 0.509. The average molecular weight is 255 g/mol. The first-order chi connectivity index (χ1) is 7.90. The molecule has 0 fully saturated rings. The molecule has 1 aromatic carbocycles. The molecule has 1 unspecified atom stereocenters. The Bertz CT molecular complexity index is 395. The third-order valence-corrected chi connectivity index (χ3v) is 2.08. The number of ether oxygens (including phenoxy) is 1. The Balaban J connectivity index is 3.07. The molecule has 2 N–H and O–H groups in total. The first-order valence-electron chi connectivity index (χ1n) is 4.74. The average Bonchev–Trinajstić information content (AvgIpc) is 2.33. The van der Waals surface area contributed by atoms with Gasteiger partial charge in [-0.3, -0.25) is 0 Å². The van der Waals surface area contributed by atoms with Crippen LogP contribution < -0.4 is 10.5 Å². The molecule has 2 nitrogen and oxygen atoms in total. The van der Waals surface area contributed by atoms with Crippen LogP contribution in [0.1, 0.15) is 6.92 Å². The second kappa shape index (κ2) is 5.31. The molecule has 0 radical (unpaired) electrons. The minimum Gasteiger partial charge on any atom is -0.487 e. The van der Waals surface area contributed by atoms with E-state index >= 15 is 0 Å². The predicted octanol–water partition coefficient (Wildman–Crippen LogP) is 2.36. The van der Waals surface area contributed by atoms with Gasteiger partial charge in [-0.15, -0.1) is 0 Å². The Hall–Kier alpha value is -1.37. The van der Waals surface area contributed by atoms with Crippen molar-refractivity contribution in [1.82, 2.24) is 0 Å². The molecule has 0 heterocycles. The van der Waals surface area contributed by atoms with Crippen molar-refractivity contribution < 1.29 is 26.7 Å². The monoisotopic (exact) mass is 255 g/mol. The van der Waals surface area contributed by atoms with Crippen molar-refractivity contribution in [3.05, 3.63) is 29.1 Å². The van der Waals surface area contributed by atoms with Crippen LogP contribution in [0.5, 0.6) is 5.75 Å². The summed E-state index contributed by atoms with van der Waals surface area (Å²) >= 11 is 0. The first-order valence-corrected chi connectivity index (χ1v) is 4.74. The summed E-state index contributed by atoms with van der Waals surface area (Å²) in [7, 11) is 0. The number of hydrogen-bond acceptors (Lipinski definition) is 2. The first kappa shape index (κ1) is 13.7. The summed E-state index contributed by atoms with van der Waals surface area (Å²) in [5.41, 5.74) is 5.22. The van der Waals surface area contributed by atoms with Crippen molar-refractivity contribution in [1.29, 1.82) is 0 Å². The Kier molecular flexibility index (Phi) is 4.28. The van der Waals surface area contributed by atoms with Crippen LogP contribution in [0, 0.1) is 35.0 Å². The highest BCUT2D eigenvalue weighted by Crippen LogP contribution is 2.29. The standard InChI is InChI=1S/C10H10F5NO/c1-4(2-16)3-17-10-8(14)6(12)5(11)7(13)9(10)15/h4H,2-3,16H2,1H3. The lowest BCUT2D eigenvalue weighted by Crippen LogP contribution is -2.19. The van der Waals surface area contributed by atoms with E-state index in [0.29, 0.717) is 0 Å². The molecule has 1 atom stereocenters. The Labute approximate surface area is 94.2 Å². The molecule has 0 spiro atoms. The predicted molar refractivity (Wildman–Crippen MR) is 49.9 cm³/mol. The smallest absolute Gasteiger partial charge is 0.206 e. The van der Waals surface area contributed by atoms with Crippen molar-refractivity contribution >= 4 is 0 Å². The van der Waals surface area contributed by atoms with E-state index in [1.807, 2.05) is 0 Å². The van der Waals surface area contributed by atoms with Gasteiger partial charge in [0.15, 0.2) is 5.75 Å². The molecule has 0 aliphatic heterocycles. The summed E-state index contributed by atoms with van der Waals surface area (Å²) in [6.07, 6.45) is 0. The molecule has 0 amide bonds. The highest BCUT2D eigenvalue weighted by molar-refractivity contribution is 5.29. The zero-order valence-electron chi connectivity index (χ0n) is 8.87. The van der Waals surface area contributed by atoms with Gasteiger partial charge in [0.2, 0.25) is 29.1 Å². The van der Waals surface area contributed by atoms with Crippen LogP contribution in [0.3, 0.4) is 0 Å². The van der Waals surface area contributed by atoms with Crippen LogP contribution in [0.2, 0.25) is 0 Å². The largest absolute Gasteiger partial charge is 0.487 e. The van der Waals surface area contributed by atoms with E-state index in [1.54, 1.807) is 6.92 Å². The van der Waals surface area contributed by atoms with Crippen LogP contribution in [-0.4, -0.2) is 13.2 Å². The maximum Gasteiger partial charge on any atom is 0.206 e. The normalized spacial score (nSPS) is 12.6. The maximum atomic E-state index is 13.1. The fourth-order valence-corrected chi connectivity index (χ4v) is 1.01. The Morgan fingerprint density at radius 1 is 0.941 bits per heavy atom. The van der Waals surface area contributed by atoms with Crippen molar-refractivity contribution in [2.24, 2.45) is 11.7 Å². The van der Waals surface area contributed by atoms with Gasteiger partial charge < -0.3 is 10.5 Å². The number of hydrogen-bond donors (Lipinski definition) is 1. The van der Waals surface area contributed by atoms with Gasteiger partial charge in [-0.2, -0.15) is 8.78 Å². The van der Waals surface area contributed by atoms with E-state index in [9.17, 15) is 22.0 Å². The van der Waals surface area contributed by atoms with Gasteiger partial charge in [-0.25, -0.2) is 13.2 Å². The lowest BCUT2D eigenvalue weighted by Gasteiger charge is -2.13. The molecular weight excluding hydrogens is 245 g/mol. The van der Waals surface area contributed by atoms with Crippen LogP contribution in [0.25, 0.3) is 0 Å². The SMILES string of the molecule is CC(CN)COc1c(F)c(F)c(F)c(F)c1F. The Morgan fingerprint density at radius 3 is 1.76 bits per heavy atom. The fraction of sp³-hybridized carbons (Fsp3) is 0.400. The molecule has 17 heavy (non-hydrogen) atoms. The molecular formula is C10H10F5NO. The molecule has 0 aliphatic rings. The zero-order chi connectivity index (χ0) is 13.2. The van der Waals surface area contributed by atoms with Gasteiger partial charge in [0, 0.05) is 5.92 Å². The molecule has 1 rings (SSSR count). The summed E-state index contributed by atoms with van der Waals surface area (Å²) in [6.45, 7) is 1.52. The molecule has 0 aromatic heterocycles. The second-order valence-corrected chi connectivity index (χ2v) is 3.55. The highest BCUT2D eigenvalue weighted by Gasteiger charge is 2.27. The van der Waals surface area contributed by atoms with E-state index < -0.39 is 34.8 Å². The van der Waals surface area contributed by atoms with Gasteiger partial charge in [-0.1, -0.05) is 6.92 Å². The fourth-order valence-electron chi connectivity index (χ4n) is 1.01. The van der Waals surface area contributed by atoms with Crippen LogP contribution >= 0.6 is 0 Å². The number of nitrogens with two attached hydrogens (primary N) is 1. The summed E-state index contributed by atoms with van der Waals surface area (Å²) in [5, 5.41) is 0. The molecule has 7 heteroatoms. The van der Waals surface area contributed by atoms with E-state index in [4.69, 9.17) is 5.73 Å². The molecule has 0 aliphatic carbocycles. The number of benzene rings is 1. The van der Waals surface area contributed by atoms with Gasteiger partial charge in [0.25, 0.3) is 0 Å². The Morgan fingerprint density at radius 2 is 1.35 bits per heavy atom. The van der Waals surface area contributed by atoms with Gasteiger partial charge in [0.05, 0.1) is 6.61 Å². The summed E-state index contributed by atoms with van der Waals surface area (Å²) in [6, 6.07) is 0. The molecule has 0 bridgehead atoms. The van der Waals surface area contributed by atoms with E-state index in [-0.39, 0.29) is 19.1 Å². The number of rotatable bonds is 4. The minimum absolute atomic E-state index is 0.162. The van der Waals surface area contributed by atoms with Crippen molar-refractivity contribution in [3.63, 3.8) is 0 Å². The summed E-state index contributed by atoms with van der Waals surface area (Å²) < 4.78 is 68.9. The minimum atomic E-state index is -2.21. The summed E-state index contributed by atoms with van der Waals surface area (Å²) in [5.74, 6) is -11.8. The second-order valence-electron chi connectivity index (χ2n) is 3.55. The van der Waals surface area contributed by atoms with Crippen LogP contribution in [0.15, 0.2) is 0 Å². The lowest BCUT2D eigenvalue weighted by molar-refractivity contribution is 0.228. The van der Waals surface area contributed by atoms with E-state index in [0.717, 1.165) is 0 Å². The highest BCUT2D eigenvalue weighted by atomic mass is 19.2. The zero-order valence-corrected chi connectivity index (χ0v) is 8.87. The maximum absolute atomic E-state index is 13.1. The molecule has 96 valence electrons. The van der Waals surface area contributed by atoms with Gasteiger partial charge in [-0.05, 0) is 6.54 Å². The van der Waals surface area contributed by atoms with E-state index in [1.165, 1.54) is 0 Å². The molecule has 0 saturated carbocycles. The topological polar surface area (TPSA) is 35.2 Å². The van der Waals surface area contributed by atoms with Crippen LogP contribution in [-0.2, 0) is 0 Å². The van der Waals surface area contributed by atoms with Gasteiger partial charge in [0.1, 0.15) is 0 Å². The third kappa shape index (κ3) is 2.66. The van der Waals surface area contributed by atoms with Crippen molar-refractivity contribution in [2.45, 2.75) is 6.92 Å². The van der Waals surface area contributed by atoms with Crippen molar-refractivity contribution in [2.75, 3.05) is 13.2 Å². The third-order valence-electron chi connectivity index (χ3n) is 2.08.